The molecule has 28 heavy (non-hydrogen) atoms. The van der Waals surface area contributed by atoms with Crippen molar-refractivity contribution in [2.45, 2.75) is 0 Å². The summed E-state index contributed by atoms with van der Waals surface area (Å²) in [6.07, 6.45) is 1.68. The third-order valence-corrected chi connectivity index (χ3v) is 5.32. The lowest BCUT2D eigenvalue weighted by Gasteiger charge is -2.18. The van der Waals surface area contributed by atoms with Crippen molar-refractivity contribution in [3.63, 3.8) is 0 Å². The van der Waals surface area contributed by atoms with Crippen LogP contribution in [0.25, 0.3) is 6.08 Å². The van der Waals surface area contributed by atoms with Crippen LogP contribution in [0.4, 0.5) is 5.69 Å². The van der Waals surface area contributed by atoms with Crippen molar-refractivity contribution in [3.8, 4) is 0 Å². The molecular formula is C22H13BrCl2N2O. The number of carbonyl (C=O) groups excluding carboxylic acids is 1. The van der Waals surface area contributed by atoms with Crippen LogP contribution >= 0.6 is 39.1 Å². The lowest BCUT2D eigenvalue weighted by atomic mass is 10.1. The van der Waals surface area contributed by atoms with Crippen molar-refractivity contribution in [2.75, 3.05) is 4.90 Å². The van der Waals surface area contributed by atoms with Crippen LogP contribution in [0.2, 0.25) is 10.0 Å². The van der Waals surface area contributed by atoms with Gasteiger partial charge in [0.05, 0.1) is 5.69 Å². The number of rotatable bonds is 3. The molecule has 0 unspecified atom stereocenters. The molecule has 0 aliphatic carbocycles. The van der Waals surface area contributed by atoms with E-state index in [1.165, 1.54) is 0 Å². The molecule has 0 aromatic heterocycles. The fourth-order valence-electron chi connectivity index (χ4n) is 2.89. The third kappa shape index (κ3) is 3.76. The summed E-state index contributed by atoms with van der Waals surface area (Å²) in [5.41, 5.74) is 2.58. The van der Waals surface area contributed by atoms with Gasteiger partial charge in [0.25, 0.3) is 5.91 Å². The molecule has 0 spiro atoms. The van der Waals surface area contributed by atoms with Gasteiger partial charge in [-0.15, -0.1) is 0 Å². The van der Waals surface area contributed by atoms with E-state index >= 15 is 0 Å². The van der Waals surface area contributed by atoms with Gasteiger partial charge in [-0.2, -0.15) is 0 Å². The van der Waals surface area contributed by atoms with E-state index in [2.05, 4.69) is 20.9 Å². The second-order valence-corrected chi connectivity index (χ2v) is 7.87. The topological polar surface area (TPSA) is 32.7 Å². The normalized spacial score (nSPS) is 15.2. The number of hydrogen-bond donors (Lipinski definition) is 0. The van der Waals surface area contributed by atoms with Crippen LogP contribution in [-0.4, -0.2) is 11.7 Å². The Kier molecular flexibility index (Phi) is 5.36. The van der Waals surface area contributed by atoms with Crippen molar-refractivity contribution < 1.29 is 4.79 Å². The van der Waals surface area contributed by atoms with Gasteiger partial charge in [-0.05, 0) is 48.0 Å². The Morgan fingerprint density at radius 1 is 0.929 bits per heavy atom. The summed E-state index contributed by atoms with van der Waals surface area (Å²) in [6, 6.07) is 22.3. The monoisotopic (exact) mass is 470 g/mol. The maximum absolute atomic E-state index is 13.2. The summed E-state index contributed by atoms with van der Waals surface area (Å²) < 4.78 is 0.955. The molecule has 0 radical (unpaired) electrons. The van der Waals surface area contributed by atoms with E-state index < -0.39 is 0 Å². The molecule has 0 saturated heterocycles. The number of anilines is 1. The molecule has 0 fully saturated rings. The lowest BCUT2D eigenvalue weighted by molar-refractivity contribution is -0.113. The van der Waals surface area contributed by atoms with Gasteiger partial charge in [0.2, 0.25) is 0 Å². The van der Waals surface area contributed by atoms with Gasteiger partial charge in [0.15, 0.2) is 0 Å². The number of benzene rings is 3. The second kappa shape index (κ2) is 7.92. The highest BCUT2D eigenvalue weighted by atomic mass is 79.9. The zero-order chi connectivity index (χ0) is 19.7. The van der Waals surface area contributed by atoms with Crippen molar-refractivity contribution in [1.29, 1.82) is 0 Å². The van der Waals surface area contributed by atoms with Crippen molar-refractivity contribution in [3.05, 3.63) is 104 Å². The molecule has 1 amide bonds. The number of para-hydroxylation sites is 1. The Bertz CT molecular complexity index is 1110. The number of halogens is 3. The number of amides is 1. The van der Waals surface area contributed by atoms with Crippen LogP contribution in [0.5, 0.6) is 0 Å². The zero-order valence-corrected chi connectivity index (χ0v) is 17.5. The van der Waals surface area contributed by atoms with E-state index in [0.29, 0.717) is 27.1 Å². The Balaban J connectivity index is 1.83. The predicted octanol–water partition coefficient (Wildman–Crippen LogP) is 6.59. The molecule has 3 nitrogen and oxygen atoms in total. The van der Waals surface area contributed by atoms with Crippen molar-refractivity contribution >= 4 is 62.6 Å². The van der Waals surface area contributed by atoms with E-state index in [0.717, 1.165) is 15.7 Å². The molecule has 138 valence electrons. The van der Waals surface area contributed by atoms with Crippen LogP contribution in [0.3, 0.4) is 0 Å². The molecule has 1 heterocycles. The standard InChI is InChI=1S/C22H13BrCl2N2O/c23-16-9-6-14(7-10-16)21-26-20(12-15-8-11-17(24)13-19(15)25)22(28)27(21)18-4-2-1-3-5-18/h1-13H/b20-12+. The second-order valence-electron chi connectivity index (χ2n) is 6.11. The number of nitrogens with zero attached hydrogens (tertiary/aromatic N) is 2. The summed E-state index contributed by atoms with van der Waals surface area (Å²) in [6.45, 7) is 0. The molecule has 0 atom stereocenters. The number of aliphatic imine (C=N–C) groups is 1. The number of carbonyl (C=O) groups is 1. The first kappa shape index (κ1) is 18.9. The number of hydrogen-bond acceptors (Lipinski definition) is 2. The summed E-state index contributed by atoms with van der Waals surface area (Å²) in [4.78, 5) is 19.4. The quantitative estimate of drug-likeness (QED) is 0.396. The van der Waals surface area contributed by atoms with Gasteiger partial charge in [-0.3, -0.25) is 9.69 Å². The predicted molar refractivity (Wildman–Crippen MR) is 119 cm³/mol. The molecule has 3 aromatic rings. The first-order valence-corrected chi connectivity index (χ1v) is 9.99. The average molecular weight is 472 g/mol. The van der Waals surface area contributed by atoms with Gasteiger partial charge in [0.1, 0.15) is 11.5 Å². The summed E-state index contributed by atoms with van der Waals surface area (Å²) >= 11 is 15.7. The Morgan fingerprint density at radius 2 is 1.64 bits per heavy atom. The van der Waals surface area contributed by atoms with Crippen LogP contribution in [0.15, 0.2) is 88.0 Å². The number of amidine groups is 1. The van der Waals surface area contributed by atoms with Crippen LogP contribution < -0.4 is 4.90 Å². The third-order valence-electron chi connectivity index (χ3n) is 4.23. The van der Waals surface area contributed by atoms with E-state index in [1.807, 2.05) is 54.6 Å². The Hall–Kier alpha value is -2.40. The van der Waals surface area contributed by atoms with E-state index in [4.69, 9.17) is 23.2 Å². The van der Waals surface area contributed by atoms with E-state index in [1.54, 1.807) is 29.2 Å². The molecule has 6 heteroatoms. The highest BCUT2D eigenvalue weighted by Gasteiger charge is 2.32. The van der Waals surface area contributed by atoms with Gasteiger partial charge >= 0.3 is 0 Å². The molecule has 0 saturated carbocycles. The first-order valence-electron chi connectivity index (χ1n) is 8.44. The molecule has 0 bridgehead atoms. The first-order chi connectivity index (χ1) is 13.5. The molecular weight excluding hydrogens is 459 g/mol. The zero-order valence-electron chi connectivity index (χ0n) is 14.4. The summed E-state index contributed by atoms with van der Waals surface area (Å²) in [7, 11) is 0. The minimum absolute atomic E-state index is 0.213. The average Bonchev–Trinajstić information content (AvgIpc) is 3.01. The minimum atomic E-state index is -0.213. The maximum Gasteiger partial charge on any atom is 0.282 e. The lowest BCUT2D eigenvalue weighted by Crippen LogP contribution is -2.32. The van der Waals surface area contributed by atoms with Crippen LogP contribution in [-0.2, 0) is 4.79 Å². The molecule has 1 aliphatic rings. The fraction of sp³-hybridized carbons (Fsp3) is 0. The van der Waals surface area contributed by atoms with Gasteiger partial charge in [0, 0.05) is 20.1 Å². The largest absolute Gasteiger partial charge is 0.282 e. The van der Waals surface area contributed by atoms with E-state index in [-0.39, 0.29) is 5.91 Å². The van der Waals surface area contributed by atoms with Crippen LogP contribution in [0.1, 0.15) is 11.1 Å². The SMILES string of the molecule is O=C1/C(=C\c2ccc(Cl)cc2Cl)N=C(c2ccc(Br)cc2)N1c1ccccc1. The van der Waals surface area contributed by atoms with Crippen molar-refractivity contribution in [2.24, 2.45) is 4.99 Å². The highest BCUT2D eigenvalue weighted by molar-refractivity contribution is 9.10. The Labute approximate surface area is 181 Å². The highest BCUT2D eigenvalue weighted by Crippen LogP contribution is 2.30. The summed E-state index contributed by atoms with van der Waals surface area (Å²) in [5, 5.41) is 1.00. The van der Waals surface area contributed by atoms with Gasteiger partial charge in [-0.1, -0.05) is 75.5 Å². The molecule has 0 N–H and O–H groups in total. The molecule has 1 aliphatic heterocycles. The smallest absolute Gasteiger partial charge is 0.266 e. The van der Waals surface area contributed by atoms with Gasteiger partial charge < -0.3 is 0 Å². The fourth-order valence-corrected chi connectivity index (χ4v) is 3.62. The van der Waals surface area contributed by atoms with Crippen molar-refractivity contribution in [1.82, 2.24) is 0 Å². The van der Waals surface area contributed by atoms with Crippen LogP contribution in [0, 0.1) is 0 Å². The summed E-state index contributed by atoms with van der Waals surface area (Å²) in [5.74, 6) is 0.357. The molecule has 3 aromatic carbocycles. The van der Waals surface area contributed by atoms with Gasteiger partial charge in [-0.25, -0.2) is 4.99 Å². The minimum Gasteiger partial charge on any atom is -0.266 e. The molecule has 4 rings (SSSR count). The maximum atomic E-state index is 13.2. The Morgan fingerprint density at radius 3 is 2.32 bits per heavy atom. The van der Waals surface area contributed by atoms with E-state index in [9.17, 15) is 4.79 Å².